The van der Waals surface area contributed by atoms with Gasteiger partial charge < -0.3 is 15.0 Å². The summed E-state index contributed by atoms with van der Waals surface area (Å²) in [6, 6.07) is 17.4. The fourth-order valence-electron chi connectivity index (χ4n) is 2.99. The summed E-state index contributed by atoms with van der Waals surface area (Å²) >= 11 is 0. The highest BCUT2D eigenvalue weighted by Gasteiger charge is 2.26. The second kappa shape index (κ2) is 6.19. The van der Waals surface area contributed by atoms with Crippen LogP contribution in [0.25, 0.3) is 0 Å². The van der Waals surface area contributed by atoms with Crippen molar-refractivity contribution in [1.29, 1.82) is 0 Å². The van der Waals surface area contributed by atoms with Crippen LogP contribution in [0.2, 0.25) is 0 Å². The van der Waals surface area contributed by atoms with Crippen LogP contribution >= 0.6 is 0 Å². The van der Waals surface area contributed by atoms with Crippen LogP contribution < -0.4 is 15.0 Å². The lowest BCUT2D eigenvalue weighted by Gasteiger charge is -2.39. The number of hydrogen-bond acceptors (Lipinski definition) is 3. The number of rotatable bonds is 3. The van der Waals surface area contributed by atoms with Crippen LogP contribution in [0.5, 0.6) is 5.75 Å². The van der Waals surface area contributed by atoms with Crippen molar-refractivity contribution in [2.24, 2.45) is 0 Å². The molecule has 1 heterocycles. The highest BCUT2D eigenvalue weighted by atomic mass is 16.5. The number of piperazine rings is 1. The molecule has 1 aliphatic rings. The van der Waals surface area contributed by atoms with Crippen LogP contribution in [0.1, 0.15) is 17.2 Å². The van der Waals surface area contributed by atoms with Crippen LogP contribution in [-0.4, -0.2) is 26.7 Å². The number of ether oxygens (including phenoxy) is 1. The lowest BCUT2D eigenvalue weighted by molar-refractivity contribution is 0.408. The quantitative estimate of drug-likeness (QED) is 0.936. The fourth-order valence-corrected chi connectivity index (χ4v) is 2.99. The first kappa shape index (κ1) is 14.0. The van der Waals surface area contributed by atoms with E-state index in [0.29, 0.717) is 6.04 Å². The van der Waals surface area contributed by atoms with Gasteiger partial charge in [-0.05, 0) is 30.2 Å². The first-order valence-electron chi connectivity index (χ1n) is 7.46. The van der Waals surface area contributed by atoms with Crippen LogP contribution in [0.4, 0.5) is 5.69 Å². The van der Waals surface area contributed by atoms with E-state index in [1.54, 1.807) is 7.11 Å². The molecule has 1 unspecified atom stereocenters. The van der Waals surface area contributed by atoms with Gasteiger partial charge in [0.05, 0.1) is 18.8 Å². The first-order chi connectivity index (χ1) is 10.3. The van der Waals surface area contributed by atoms with Crippen molar-refractivity contribution in [3.8, 4) is 5.75 Å². The molecule has 0 spiro atoms. The molecule has 0 radical (unpaired) electrons. The topological polar surface area (TPSA) is 24.5 Å². The zero-order valence-electron chi connectivity index (χ0n) is 12.7. The Morgan fingerprint density at radius 1 is 1.14 bits per heavy atom. The molecule has 3 heteroatoms. The Morgan fingerprint density at radius 2 is 1.95 bits per heavy atom. The summed E-state index contributed by atoms with van der Waals surface area (Å²) in [5.41, 5.74) is 3.79. The molecule has 3 nitrogen and oxygen atoms in total. The molecule has 1 atom stereocenters. The zero-order valence-corrected chi connectivity index (χ0v) is 12.7. The minimum absolute atomic E-state index is 0.343. The van der Waals surface area contributed by atoms with E-state index in [1.807, 2.05) is 0 Å². The molecule has 2 aromatic carbocycles. The largest absolute Gasteiger partial charge is 0.495 e. The fraction of sp³-hybridized carbons (Fsp3) is 0.333. The Hall–Kier alpha value is -2.00. The predicted octanol–water partition coefficient (Wildman–Crippen LogP) is 3.15. The Morgan fingerprint density at radius 3 is 2.71 bits per heavy atom. The van der Waals surface area contributed by atoms with E-state index >= 15 is 0 Å². The minimum Gasteiger partial charge on any atom is -0.495 e. The van der Waals surface area contributed by atoms with Crippen LogP contribution in [0.3, 0.4) is 0 Å². The molecule has 21 heavy (non-hydrogen) atoms. The Labute approximate surface area is 126 Å². The molecular formula is C18H22N2O. The van der Waals surface area contributed by atoms with Gasteiger partial charge in [0.15, 0.2) is 0 Å². The number of aryl methyl sites for hydroxylation is 1. The molecule has 1 saturated heterocycles. The van der Waals surface area contributed by atoms with E-state index in [4.69, 9.17) is 4.74 Å². The van der Waals surface area contributed by atoms with Crippen molar-refractivity contribution < 1.29 is 4.74 Å². The van der Waals surface area contributed by atoms with Gasteiger partial charge in [0, 0.05) is 19.6 Å². The number of hydrogen-bond donors (Lipinski definition) is 1. The molecule has 2 aromatic rings. The molecular weight excluding hydrogens is 260 g/mol. The maximum absolute atomic E-state index is 5.58. The third-order valence-electron chi connectivity index (χ3n) is 4.07. The van der Waals surface area contributed by atoms with Gasteiger partial charge in [0.1, 0.15) is 5.75 Å². The maximum Gasteiger partial charge on any atom is 0.142 e. The standard InChI is InChI=1S/C18H22N2O/c1-14-8-9-18(21-2)16(12-14)20-11-10-19-13-17(20)15-6-4-3-5-7-15/h3-9,12,17,19H,10-11,13H2,1-2H3. The van der Waals surface area contributed by atoms with Crippen molar-refractivity contribution in [2.45, 2.75) is 13.0 Å². The average Bonchev–Trinajstić information content (AvgIpc) is 2.55. The zero-order chi connectivity index (χ0) is 14.7. The van der Waals surface area contributed by atoms with Gasteiger partial charge in [-0.2, -0.15) is 0 Å². The highest BCUT2D eigenvalue weighted by molar-refractivity contribution is 5.61. The van der Waals surface area contributed by atoms with E-state index < -0.39 is 0 Å². The number of nitrogens with one attached hydrogen (secondary N) is 1. The second-order valence-electron chi connectivity index (χ2n) is 5.50. The molecule has 0 saturated carbocycles. The molecule has 0 amide bonds. The number of nitrogens with zero attached hydrogens (tertiary/aromatic N) is 1. The molecule has 0 aliphatic carbocycles. The van der Waals surface area contributed by atoms with Gasteiger partial charge in [-0.25, -0.2) is 0 Å². The van der Waals surface area contributed by atoms with Crippen molar-refractivity contribution >= 4 is 5.69 Å². The van der Waals surface area contributed by atoms with Crippen LogP contribution in [-0.2, 0) is 0 Å². The van der Waals surface area contributed by atoms with Gasteiger partial charge in [0.25, 0.3) is 0 Å². The van der Waals surface area contributed by atoms with E-state index in [9.17, 15) is 0 Å². The monoisotopic (exact) mass is 282 g/mol. The predicted molar refractivity (Wildman–Crippen MR) is 87.1 cm³/mol. The van der Waals surface area contributed by atoms with E-state index in [-0.39, 0.29) is 0 Å². The van der Waals surface area contributed by atoms with Gasteiger partial charge >= 0.3 is 0 Å². The van der Waals surface area contributed by atoms with Crippen LogP contribution in [0.15, 0.2) is 48.5 Å². The van der Waals surface area contributed by atoms with E-state index in [0.717, 1.165) is 25.4 Å². The summed E-state index contributed by atoms with van der Waals surface area (Å²) in [4.78, 5) is 2.46. The van der Waals surface area contributed by atoms with Gasteiger partial charge in [0.2, 0.25) is 0 Å². The Balaban J connectivity index is 2.00. The normalized spacial score (nSPS) is 18.6. The molecule has 110 valence electrons. The smallest absolute Gasteiger partial charge is 0.142 e. The first-order valence-corrected chi connectivity index (χ1v) is 7.46. The van der Waals surface area contributed by atoms with Crippen molar-refractivity contribution in [1.82, 2.24) is 5.32 Å². The van der Waals surface area contributed by atoms with Gasteiger partial charge in [-0.3, -0.25) is 0 Å². The van der Waals surface area contributed by atoms with Crippen molar-refractivity contribution in [2.75, 3.05) is 31.6 Å². The van der Waals surface area contributed by atoms with Gasteiger partial charge in [-0.15, -0.1) is 0 Å². The minimum atomic E-state index is 0.343. The Bertz CT molecular complexity index is 597. The molecule has 0 aromatic heterocycles. The van der Waals surface area contributed by atoms with Gasteiger partial charge in [-0.1, -0.05) is 36.4 Å². The molecule has 1 aliphatic heterocycles. The highest BCUT2D eigenvalue weighted by Crippen LogP contribution is 2.35. The maximum atomic E-state index is 5.58. The molecule has 3 rings (SSSR count). The third kappa shape index (κ3) is 2.88. The Kier molecular flexibility index (Phi) is 4.11. The summed E-state index contributed by atoms with van der Waals surface area (Å²) in [7, 11) is 1.74. The average molecular weight is 282 g/mol. The van der Waals surface area contributed by atoms with Crippen LogP contribution in [0, 0.1) is 6.92 Å². The summed E-state index contributed by atoms with van der Waals surface area (Å²) in [6.07, 6.45) is 0. The summed E-state index contributed by atoms with van der Waals surface area (Å²) < 4.78 is 5.58. The number of benzene rings is 2. The second-order valence-corrected chi connectivity index (χ2v) is 5.50. The summed E-state index contributed by atoms with van der Waals surface area (Å²) in [6.45, 7) is 5.07. The number of methoxy groups -OCH3 is 1. The van der Waals surface area contributed by atoms with Crippen molar-refractivity contribution in [3.63, 3.8) is 0 Å². The van der Waals surface area contributed by atoms with E-state index in [1.165, 1.54) is 16.8 Å². The molecule has 1 N–H and O–H groups in total. The SMILES string of the molecule is COc1ccc(C)cc1N1CCNCC1c1ccccc1. The summed E-state index contributed by atoms with van der Waals surface area (Å²) in [5.74, 6) is 0.948. The molecule has 1 fully saturated rings. The number of anilines is 1. The van der Waals surface area contributed by atoms with Crippen molar-refractivity contribution in [3.05, 3.63) is 59.7 Å². The van der Waals surface area contributed by atoms with E-state index in [2.05, 4.69) is 65.7 Å². The summed E-state index contributed by atoms with van der Waals surface area (Å²) in [5, 5.41) is 3.50. The molecule has 0 bridgehead atoms. The third-order valence-corrected chi connectivity index (χ3v) is 4.07. The lowest BCUT2D eigenvalue weighted by Crippen LogP contribution is -2.46. The lowest BCUT2D eigenvalue weighted by atomic mass is 10.0.